The van der Waals surface area contributed by atoms with Gasteiger partial charge in [0.25, 0.3) is 0 Å². The molecule has 0 bridgehead atoms. The third-order valence-corrected chi connectivity index (χ3v) is 8.28. The Bertz CT molecular complexity index is 574. The van der Waals surface area contributed by atoms with Gasteiger partial charge in [-0.25, -0.2) is 8.42 Å². The van der Waals surface area contributed by atoms with Crippen molar-refractivity contribution in [2.24, 2.45) is 5.92 Å². The van der Waals surface area contributed by atoms with Gasteiger partial charge in [-0.15, -0.1) is 22.9 Å². The van der Waals surface area contributed by atoms with Crippen LogP contribution in [-0.2, 0) is 15.9 Å². The second-order valence-electron chi connectivity index (χ2n) is 5.87. The quantitative estimate of drug-likeness (QED) is 0.739. The van der Waals surface area contributed by atoms with Crippen molar-refractivity contribution in [1.29, 1.82) is 0 Å². The van der Waals surface area contributed by atoms with Crippen LogP contribution in [0.15, 0.2) is 11.0 Å². The van der Waals surface area contributed by atoms with E-state index in [-0.39, 0.29) is 6.04 Å². The van der Waals surface area contributed by atoms with Gasteiger partial charge in [0.1, 0.15) is 0 Å². The number of sulfonamides is 1. The Labute approximate surface area is 137 Å². The number of nitrogens with zero attached hydrogens (tertiary/aromatic N) is 1. The maximum atomic E-state index is 12.8. The van der Waals surface area contributed by atoms with E-state index in [1.165, 1.54) is 17.8 Å². The van der Waals surface area contributed by atoms with Gasteiger partial charge in [-0.2, -0.15) is 4.31 Å². The summed E-state index contributed by atoms with van der Waals surface area (Å²) in [7, 11) is -1.67. The third kappa shape index (κ3) is 3.63. The lowest BCUT2D eigenvalue weighted by molar-refractivity contribution is 0.233. The van der Waals surface area contributed by atoms with Crippen LogP contribution in [0.25, 0.3) is 0 Å². The molecule has 120 valence electrons. The van der Waals surface area contributed by atoms with Crippen LogP contribution in [-0.4, -0.2) is 25.8 Å². The molecule has 1 heterocycles. The monoisotopic (exact) mass is 349 g/mol. The molecule has 0 aliphatic heterocycles. The summed E-state index contributed by atoms with van der Waals surface area (Å²) >= 11 is 7.30. The first-order valence-electron chi connectivity index (χ1n) is 7.53. The fraction of sp³-hybridized carbons (Fsp3) is 0.733. The first-order valence-corrected chi connectivity index (χ1v) is 10.3. The standard InChI is InChI=1S/C15H24ClNO2S2/c1-4-12-5-7-13(8-6-12)17(3)21(18,19)15-9-14(10-16)20-11(15)2/h9,12-13H,4-8,10H2,1-3H3. The Morgan fingerprint density at radius 3 is 2.43 bits per heavy atom. The molecule has 2 rings (SSSR count). The zero-order valence-corrected chi connectivity index (χ0v) is 15.3. The number of hydrogen-bond acceptors (Lipinski definition) is 3. The minimum absolute atomic E-state index is 0.136. The fourth-order valence-corrected chi connectivity index (χ4v) is 6.22. The van der Waals surface area contributed by atoms with E-state index in [9.17, 15) is 8.42 Å². The van der Waals surface area contributed by atoms with Gasteiger partial charge in [-0.3, -0.25) is 0 Å². The van der Waals surface area contributed by atoms with E-state index in [1.807, 2.05) is 6.92 Å². The number of rotatable bonds is 5. The SMILES string of the molecule is CCC1CCC(N(C)S(=O)(=O)c2cc(CCl)sc2C)CC1. The molecule has 1 aliphatic rings. The van der Waals surface area contributed by atoms with Gasteiger partial charge in [0.05, 0.1) is 10.8 Å². The van der Waals surface area contributed by atoms with Crippen LogP contribution in [0.5, 0.6) is 0 Å². The summed E-state index contributed by atoms with van der Waals surface area (Å²) in [6, 6.07) is 1.87. The molecule has 0 radical (unpaired) electrons. The van der Waals surface area contributed by atoms with Crippen molar-refractivity contribution in [3.05, 3.63) is 15.8 Å². The summed E-state index contributed by atoms with van der Waals surface area (Å²) in [4.78, 5) is 2.18. The van der Waals surface area contributed by atoms with Gasteiger partial charge in [-0.1, -0.05) is 13.3 Å². The highest BCUT2D eigenvalue weighted by molar-refractivity contribution is 7.89. The van der Waals surface area contributed by atoms with Gasteiger partial charge in [0.2, 0.25) is 10.0 Å². The second-order valence-corrected chi connectivity index (χ2v) is 9.44. The van der Waals surface area contributed by atoms with Crippen LogP contribution in [0.4, 0.5) is 0 Å². The highest BCUT2D eigenvalue weighted by Crippen LogP contribution is 2.34. The Hall–Kier alpha value is -0.100. The van der Waals surface area contributed by atoms with Crippen molar-refractivity contribution in [3.8, 4) is 0 Å². The van der Waals surface area contributed by atoms with Gasteiger partial charge in [-0.05, 0) is 44.6 Å². The predicted octanol–water partition coefficient (Wildman–Crippen LogP) is 4.38. The van der Waals surface area contributed by atoms with E-state index in [2.05, 4.69) is 6.92 Å². The smallest absolute Gasteiger partial charge is 0.207 e. The van der Waals surface area contributed by atoms with E-state index in [0.717, 1.165) is 41.4 Å². The molecule has 21 heavy (non-hydrogen) atoms. The van der Waals surface area contributed by atoms with Crippen LogP contribution in [0.1, 0.15) is 48.8 Å². The Morgan fingerprint density at radius 1 is 1.33 bits per heavy atom. The van der Waals surface area contributed by atoms with E-state index in [1.54, 1.807) is 17.4 Å². The van der Waals surface area contributed by atoms with Crippen molar-refractivity contribution in [3.63, 3.8) is 0 Å². The molecule has 0 spiro atoms. The molecule has 3 nitrogen and oxygen atoms in total. The number of thiophene rings is 1. The summed E-state index contributed by atoms with van der Waals surface area (Å²) in [5, 5.41) is 0. The Morgan fingerprint density at radius 2 is 1.95 bits per heavy atom. The van der Waals surface area contributed by atoms with Crippen molar-refractivity contribution < 1.29 is 8.42 Å². The van der Waals surface area contributed by atoms with Crippen molar-refractivity contribution >= 4 is 33.0 Å². The fourth-order valence-electron chi connectivity index (χ4n) is 3.11. The average molecular weight is 350 g/mol. The Balaban J connectivity index is 2.17. The molecule has 1 aromatic rings. The second kappa shape index (κ2) is 6.99. The van der Waals surface area contributed by atoms with Crippen molar-refractivity contribution in [2.45, 2.75) is 62.8 Å². The summed E-state index contributed by atoms with van der Waals surface area (Å²) in [5.74, 6) is 1.13. The topological polar surface area (TPSA) is 37.4 Å². The molecule has 6 heteroatoms. The highest BCUT2D eigenvalue weighted by Gasteiger charge is 2.32. The Kier molecular flexibility index (Phi) is 5.74. The van der Waals surface area contributed by atoms with Gasteiger partial charge < -0.3 is 0 Å². The average Bonchev–Trinajstić information content (AvgIpc) is 2.88. The number of alkyl halides is 1. The molecule has 0 N–H and O–H groups in total. The van der Waals surface area contributed by atoms with E-state index >= 15 is 0 Å². The lowest BCUT2D eigenvalue weighted by Gasteiger charge is -2.33. The minimum atomic E-state index is -3.40. The normalized spacial score (nSPS) is 23.7. The predicted molar refractivity (Wildman–Crippen MR) is 89.6 cm³/mol. The number of hydrogen-bond donors (Lipinski definition) is 0. The molecule has 0 saturated heterocycles. The third-order valence-electron chi connectivity index (χ3n) is 4.62. The minimum Gasteiger partial charge on any atom is -0.207 e. The first-order chi connectivity index (χ1) is 9.90. The molecule has 1 aromatic heterocycles. The summed E-state index contributed by atoms with van der Waals surface area (Å²) in [6.45, 7) is 4.07. The van der Waals surface area contributed by atoms with E-state index in [4.69, 9.17) is 11.6 Å². The van der Waals surface area contributed by atoms with E-state index in [0.29, 0.717) is 10.8 Å². The van der Waals surface area contributed by atoms with Crippen LogP contribution in [0, 0.1) is 12.8 Å². The lowest BCUT2D eigenvalue weighted by atomic mass is 9.85. The van der Waals surface area contributed by atoms with E-state index < -0.39 is 10.0 Å². The molecule has 0 amide bonds. The molecular formula is C15H24ClNO2S2. The molecule has 0 atom stereocenters. The van der Waals surface area contributed by atoms with Crippen LogP contribution >= 0.6 is 22.9 Å². The molecule has 0 aromatic carbocycles. The highest BCUT2D eigenvalue weighted by atomic mass is 35.5. The number of halogens is 1. The van der Waals surface area contributed by atoms with Crippen LogP contribution in [0.3, 0.4) is 0 Å². The molecular weight excluding hydrogens is 326 g/mol. The molecule has 1 fully saturated rings. The number of aryl methyl sites for hydroxylation is 1. The first kappa shape index (κ1) is 17.3. The lowest BCUT2D eigenvalue weighted by Crippen LogP contribution is -2.39. The largest absolute Gasteiger partial charge is 0.244 e. The summed E-state index contributed by atoms with van der Waals surface area (Å²) in [5.41, 5.74) is 0. The zero-order chi connectivity index (χ0) is 15.6. The van der Waals surface area contributed by atoms with Gasteiger partial charge >= 0.3 is 0 Å². The maximum Gasteiger partial charge on any atom is 0.244 e. The zero-order valence-electron chi connectivity index (χ0n) is 12.9. The van der Waals surface area contributed by atoms with Crippen molar-refractivity contribution in [1.82, 2.24) is 4.31 Å². The van der Waals surface area contributed by atoms with Crippen LogP contribution < -0.4 is 0 Å². The van der Waals surface area contributed by atoms with Gasteiger partial charge in [0.15, 0.2) is 0 Å². The maximum absolute atomic E-state index is 12.8. The molecule has 0 unspecified atom stereocenters. The van der Waals surface area contributed by atoms with Crippen molar-refractivity contribution in [2.75, 3.05) is 7.05 Å². The van der Waals surface area contributed by atoms with Crippen LogP contribution in [0.2, 0.25) is 0 Å². The summed E-state index contributed by atoms with van der Waals surface area (Å²) in [6.07, 6.45) is 5.42. The molecule has 1 saturated carbocycles. The van der Waals surface area contributed by atoms with Gasteiger partial charge in [0, 0.05) is 22.8 Å². The summed E-state index contributed by atoms with van der Waals surface area (Å²) < 4.78 is 27.2. The molecule has 1 aliphatic carbocycles.